The summed E-state index contributed by atoms with van der Waals surface area (Å²) >= 11 is 0. The maximum absolute atomic E-state index is 12.4. The van der Waals surface area contributed by atoms with Crippen LogP contribution in [0.4, 0.5) is 0 Å². The fourth-order valence-corrected chi connectivity index (χ4v) is 2.55. The Kier molecular flexibility index (Phi) is 3.98. The number of benzene rings is 1. The molecule has 2 rings (SSSR count). The van der Waals surface area contributed by atoms with E-state index in [-0.39, 0.29) is 11.7 Å². The lowest BCUT2D eigenvalue weighted by molar-refractivity contribution is 0.0780. The molecule has 1 heterocycles. The molecule has 1 unspecified atom stereocenters. The SMILES string of the molecule is COc1cccc(C(=O)N2CCC(C(C)C)C2)c1O. The van der Waals surface area contributed by atoms with Crippen molar-refractivity contribution in [1.29, 1.82) is 0 Å². The topological polar surface area (TPSA) is 49.8 Å². The van der Waals surface area contributed by atoms with Crippen molar-refractivity contribution in [1.82, 2.24) is 4.90 Å². The Morgan fingerprint density at radius 3 is 2.79 bits per heavy atom. The summed E-state index contributed by atoms with van der Waals surface area (Å²) in [6.45, 7) is 5.90. The van der Waals surface area contributed by atoms with Crippen molar-refractivity contribution in [3.8, 4) is 11.5 Å². The van der Waals surface area contributed by atoms with Crippen molar-refractivity contribution in [2.75, 3.05) is 20.2 Å². The normalized spacial score (nSPS) is 18.9. The van der Waals surface area contributed by atoms with Crippen LogP contribution in [0.5, 0.6) is 11.5 Å². The van der Waals surface area contributed by atoms with E-state index in [4.69, 9.17) is 4.74 Å². The molecule has 0 bridgehead atoms. The van der Waals surface area contributed by atoms with Crippen LogP contribution in [0.1, 0.15) is 30.6 Å². The fraction of sp³-hybridized carbons (Fsp3) is 0.533. The Morgan fingerprint density at radius 2 is 2.21 bits per heavy atom. The van der Waals surface area contributed by atoms with Crippen molar-refractivity contribution in [2.45, 2.75) is 20.3 Å². The first-order valence-corrected chi connectivity index (χ1v) is 6.69. The first-order chi connectivity index (χ1) is 9.04. The Hall–Kier alpha value is -1.71. The first-order valence-electron chi connectivity index (χ1n) is 6.69. The average Bonchev–Trinajstić information content (AvgIpc) is 2.88. The minimum Gasteiger partial charge on any atom is -0.504 e. The second-order valence-corrected chi connectivity index (χ2v) is 5.40. The number of aromatic hydroxyl groups is 1. The Labute approximate surface area is 114 Å². The Morgan fingerprint density at radius 1 is 1.47 bits per heavy atom. The molecular formula is C15H21NO3. The van der Waals surface area contributed by atoms with Gasteiger partial charge in [0.1, 0.15) is 0 Å². The van der Waals surface area contributed by atoms with Gasteiger partial charge in [0.2, 0.25) is 0 Å². The molecule has 19 heavy (non-hydrogen) atoms. The third-order valence-corrected chi connectivity index (χ3v) is 3.90. The number of rotatable bonds is 3. The van der Waals surface area contributed by atoms with Gasteiger partial charge in [0, 0.05) is 13.1 Å². The number of amides is 1. The van der Waals surface area contributed by atoms with Crippen LogP contribution in [-0.4, -0.2) is 36.1 Å². The van der Waals surface area contributed by atoms with Crippen molar-refractivity contribution in [3.63, 3.8) is 0 Å². The molecule has 1 aliphatic heterocycles. The van der Waals surface area contributed by atoms with E-state index in [1.165, 1.54) is 7.11 Å². The molecule has 0 radical (unpaired) electrons. The van der Waals surface area contributed by atoms with Crippen LogP contribution in [0.25, 0.3) is 0 Å². The number of phenolic OH excluding ortho intramolecular Hbond substituents is 1. The summed E-state index contributed by atoms with van der Waals surface area (Å²) in [5.74, 6) is 1.29. The number of ether oxygens (including phenoxy) is 1. The van der Waals surface area contributed by atoms with Gasteiger partial charge in [0.25, 0.3) is 5.91 Å². The molecule has 104 valence electrons. The molecule has 1 atom stereocenters. The highest BCUT2D eigenvalue weighted by Gasteiger charge is 2.30. The van der Waals surface area contributed by atoms with E-state index >= 15 is 0 Å². The van der Waals surface area contributed by atoms with Gasteiger partial charge in [-0.1, -0.05) is 19.9 Å². The Bertz CT molecular complexity index is 470. The molecular weight excluding hydrogens is 242 g/mol. The predicted molar refractivity (Wildman–Crippen MR) is 73.5 cm³/mol. The third kappa shape index (κ3) is 2.67. The number of nitrogens with zero attached hydrogens (tertiary/aromatic N) is 1. The van der Waals surface area contributed by atoms with Gasteiger partial charge in [-0.25, -0.2) is 0 Å². The van der Waals surface area contributed by atoms with Crippen LogP contribution in [0.3, 0.4) is 0 Å². The number of para-hydroxylation sites is 1. The van der Waals surface area contributed by atoms with Crippen molar-refractivity contribution < 1.29 is 14.6 Å². The second-order valence-electron chi connectivity index (χ2n) is 5.40. The standard InChI is InChI=1S/C15H21NO3/c1-10(2)11-7-8-16(9-11)15(18)12-5-4-6-13(19-3)14(12)17/h4-6,10-11,17H,7-9H2,1-3H3. The van der Waals surface area contributed by atoms with Gasteiger partial charge in [0.15, 0.2) is 11.5 Å². The molecule has 1 aromatic rings. The minimum absolute atomic E-state index is 0.0667. The zero-order valence-electron chi connectivity index (χ0n) is 11.7. The molecule has 1 fully saturated rings. The van der Waals surface area contributed by atoms with Crippen LogP contribution >= 0.6 is 0 Å². The lowest BCUT2D eigenvalue weighted by atomic mass is 9.95. The van der Waals surface area contributed by atoms with Gasteiger partial charge in [-0.3, -0.25) is 4.79 Å². The average molecular weight is 263 g/mol. The lowest BCUT2D eigenvalue weighted by Crippen LogP contribution is -2.29. The van der Waals surface area contributed by atoms with Crippen LogP contribution < -0.4 is 4.74 Å². The molecule has 0 aliphatic carbocycles. The quantitative estimate of drug-likeness (QED) is 0.911. The number of likely N-dealkylation sites (tertiary alicyclic amines) is 1. The van der Waals surface area contributed by atoms with E-state index in [2.05, 4.69) is 13.8 Å². The van der Waals surface area contributed by atoms with Gasteiger partial charge in [0.05, 0.1) is 12.7 Å². The van der Waals surface area contributed by atoms with Gasteiger partial charge >= 0.3 is 0 Å². The molecule has 1 aliphatic rings. The third-order valence-electron chi connectivity index (χ3n) is 3.90. The maximum atomic E-state index is 12.4. The van der Waals surface area contributed by atoms with E-state index in [9.17, 15) is 9.90 Å². The van der Waals surface area contributed by atoms with Crippen molar-refractivity contribution in [2.24, 2.45) is 11.8 Å². The van der Waals surface area contributed by atoms with E-state index < -0.39 is 0 Å². The molecule has 1 amide bonds. The highest BCUT2D eigenvalue weighted by Crippen LogP contribution is 2.32. The summed E-state index contributed by atoms with van der Waals surface area (Å²) in [6.07, 6.45) is 1.04. The molecule has 0 saturated carbocycles. The predicted octanol–water partition coefficient (Wildman–Crippen LogP) is 2.52. The summed E-state index contributed by atoms with van der Waals surface area (Å²) in [4.78, 5) is 14.2. The second kappa shape index (κ2) is 5.51. The number of methoxy groups -OCH3 is 1. The molecule has 1 saturated heterocycles. The van der Waals surface area contributed by atoms with Crippen molar-refractivity contribution in [3.05, 3.63) is 23.8 Å². The highest BCUT2D eigenvalue weighted by atomic mass is 16.5. The lowest BCUT2D eigenvalue weighted by Gasteiger charge is -2.19. The Balaban J connectivity index is 2.17. The number of carbonyl (C=O) groups is 1. The fourth-order valence-electron chi connectivity index (χ4n) is 2.55. The summed E-state index contributed by atoms with van der Waals surface area (Å²) in [5.41, 5.74) is 0.323. The van der Waals surface area contributed by atoms with E-state index in [0.717, 1.165) is 19.5 Å². The van der Waals surface area contributed by atoms with E-state index in [1.54, 1.807) is 18.2 Å². The molecule has 0 spiro atoms. The van der Waals surface area contributed by atoms with Crippen LogP contribution in [0.15, 0.2) is 18.2 Å². The van der Waals surface area contributed by atoms with Crippen LogP contribution in [-0.2, 0) is 0 Å². The van der Waals surface area contributed by atoms with E-state index in [0.29, 0.717) is 23.1 Å². The summed E-state index contributed by atoms with van der Waals surface area (Å²) in [5, 5.41) is 10.0. The number of carbonyl (C=O) groups excluding carboxylic acids is 1. The number of hydrogen-bond donors (Lipinski definition) is 1. The monoisotopic (exact) mass is 263 g/mol. The van der Waals surface area contributed by atoms with Gasteiger partial charge in [-0.15, -0.1) is 0 Å². The van der Waals surface area contributed by atoms with Gasteiger partial charge < -0.3 is 14.7 Å². The summed E-state index contributed by atoms with van der Waals surface area (Å²) in [7, 11) is 1.48. The number of hydrogen-bond acceptors (Lipinski definition) is 3. The van der Waals surface area contributed by atoms with E-state index in [1.807, 2.05) is 4.90 Å². The smallest absolute Gasteiger partial charge is 0.257 e. The summed E-state index contributed by atoms with van der Waals surface area (Å²) < 4.78 is 5.04. The van der Waals surface area contributed by atoms with Gasteiger partial charge in [-0.2, -0.15) is 0 Å². The minimum atomic E-state index is -0.112. The van der Waals surface area contributed by atoms with Crippen LogP contribution in [0.2, 0.25) is 0 Å². The number of phenols is 1. The summed E-state index contributed by atoms with van der Waals surface area (Å²) in [6, 6.07) is 5.01. The first kappa shape index (κ1) is 13.7. The van der Waals surface area contributed by atoms with Gasteiger partial charge in [-0.05, 0) is 30.4 Å². The van der Waals surface area contributed by atoms with Crippen molar-refractivity contribution >= 4 is 5.91 Å². The highest BCUT2D eigenvalue weighted by molar-refractivity contribution is 5.97. The molecule has 4 heteroatoms. The molecule has 4 nitrogen and oxygen atoms in total. The largest absolute Gasteiger partial charge is 0.504 e. The maximum Gasteiger partial charge on any atom is 0.257 e. The molecule has 0 aromatic heterocycles. The zero-order chi connectivity index (χ0) is 14.0. The zero-order valence-corrected chi connectivity index (χ0v) is 11.7. The molecule has 1 N–H and O–H groups in total. The van der Waals surface area contributed by atoms with Crippen LogP contribution in [0, 0.1) is 11.8 Å². The molecule has 1 aromatic carbocycles.